The van der Waals surface area contributed by atoms with Gasteiger partial charge in [0, 0.05) is 12.0 Å². The molecule has 1 N–H and O–H groups in total. The minimum Gasteiger partial charge on any atom is -0.507 e. The maximum Gasteiger partial charge on any atom is 0.350 e. The highest BCUT2D eigenvalue weighted by Crippen LogP contribution is 2.45. The van der Waals surface area contributed by atoms with Gasteiger partial charge in [0.15, 0.2) is 5.13 Å². The summed E-state index contributed by atoms with van der Waals surface area (Å²) in [5, 5.41) is 11.8. The van der Waals surface area contributed by atoms with Gasteiger partial charge in [-0.25, -0.2) is 9.78 Å². The monoisotopic (exact) mass is 622 g/mol. The third-order valence-electron chi connectivity index (χ3n) is 7.55. The molecule has 45 heavy (non-hydrogen) atoms. The Morgan fingerprint density at radius 1 is 1.13 bits per heavy atom. The smallest absolute Gasteiger partial charge is 0.350 e. The Morgan fingerprint density at radius 3 is 2.71 bits per heavy atom. The van der Waals surface area contributed by atoms with Gasteiger partial charge in [0.05, 0.1) is 17.3 Å². The van der Waals surface area contributed by atoms with E-state index in [2.05, 4.69) is 11.6 Å². The Kier molecular flexibility index (Phi) is 8.23. The van der Waals surface area contributed by atoms with E-state index < -0.39 is 23.7 Å². The van der Waals surface area contributed by atoms with Crippen LogP contribution in [-0.4, -0.2) is 40.5 Å². The minimum atomic E-state index is -1.06. The van der Waals surface area contributed by atoms with Gasteiger partial charge in [-0.3, -0.25) is 14.5 Å². The van der Waals surface area contributed by atoms with Crippen molar-refractivity contribution in [3.63, 3.8) is 0 Å². The van der Waals surface area contributed by atoms with Gasteiger partial charge in [0.1, 0.15) is 41.5 Å². The first-order valence-corrected chi connectivity index (χ1v) is 15.2. The zero-order valence-electron chi connectivity index (χ0n) is 24.7. The number of hydrogen-bond acceptors (Lipinski definition) is 9. The summed E-state index contributed by atoms with van der Waals surface area (Å²) in [6.45, 7) is 7.46. The Morgan fingerprint density at radius 2 is 1.93 bits per heavy atom. The number of ketones is 1. The van der Waals surface area contributed by atoms with Gasteiger partial charge in [0.25, 0.3) is 5.78 Å². The standard InChI is InChI=1S/C35H30N2O7S/c1-4-15-42-34(41)32-21(3)36-35(45-32)37-29(23-11-8-12-26(18-23)43-19-22-9-6-5-7-10-22)28(31(39)33(37)40)30(38)24-13-14-27-25(17-24)16-20(2)44-27/h4-14,17-18,20,29,38H,1,15-16,19H2,2-3H3/b30-28+/t20-,29-/m0/s1. The van der Waals surface area contributed by atoms with Gasteiger partial charge in [0.2, 0.25) is 0 Å². The lowest BCUT2D eigenvalue weighted by Gasteiger charge is -2.23. The molecular weight excluding hydrogens is 592 g/mol. The normalized spacial score (nSPS) is 18.4. The molecule has 0 saturated carbocycles. The van der Waals surface area contributed by atoms with Crippen molar-refractivity contribution in [3.8, 4) is 11.5 Å². The second kappa shape index (κ2) is 12.4. The Hall–Kier alpha value is -5.22. The Bertz CT molecular complexity index is 1850. The number of amides is 1. The van der Waals surface area contributed by atoms with Crippen LogP contribution in [-0.2, 0) is 27.4 Å². The number of hydrogen-bond donors (Lipinski definition) is 1. The second-order valence-corrected chi connectivity index (χ2v) is 11.7. The number of ether oxygens (including phenoxy) is 3. The fourth-order valence-electron chi connectivity index (χ4n) is 5.46. The molecule has 0 bridgehead atoms. The average molecular weight is 623 g/mol. The molecule has 2 aliphatic heterocycles. The predicted molar refractivity (Wildman–Crippen MR) is 170 cm³/mol. The molecule has 2 atom stereocenters. The van der Waals surface area contributed by atoms with Crippen LogP contribution in [0.5, 0.6) is 11.5 Å². The maximum absolute atomic E-state index is 13.7. The lowest BCUT2D eigenvalue weighted by Crippen LogP contribution is -2.29. The van der Waals surface area contributed by atoms with Crippen LogP contribution < -0.4 is 14.4 Å². The first kappa shape index (κ1) is 29.8. The summed E-state index contributed by atoms with van der Waals surface area (Å²) in [5.41, 5.74) is 3.01. The molecular formula is C35H30N2O7S. The molecule has 0 spiro atoms. The van der Waals surface area contributed by atoms with E-state index in [1.54, 1.807) is 49.4 Å². The van der Waals surface area contributed by atoms with Crippen molar-refractivity contribution in [1.82, 2.24) is 4.98 Å². The number of fused-ring (bicyclic) bond motifs is 1. The van der Waals surface area contributed by atoms with E-state index in [1.165, 1.54) is 11.0 Å². The summed E-state index contributed by atoms with van der Waals surface area (Å²) in [6, 6.07) is 20.8. The largest absolute Gasteiger partial charge is 0.507 e. The van der Waals surface area contributed by atoms with E-state index >= 15 is 0 Å². The van der Waals surface area contributed by atoms with Crippen molar-refractivity contribution < 1.29 is 33.7 Å². The third kappa shape index (κ3) is 5.84. The number of aliphatic hydroxyl groups excluding tert-OH is 1. The highest BCUT2D eigenvalue weighted by Gasteiger charge is 2.48. The number of anilines is 1. The number of benzene rings is 3. The number of carbonyl (C=O) groups is 3. The van der Waals surface area contributed by atoms with Crippen LogP contribution in [0.25, 0.3) is 5.76 Å². The second-order valence-electron chi connectivity index (χ2n) is 10.8. The number of aliphatic hydroxyl groups is 1. The van der Waals surface area contributed by atoms with Crippen LogP contribution in [0.3, 0.4) is 0 Å². The molecule has 4 aromatic rings. The van der Waals surface area contributed by atoms with Gasteiger partial charge in [-0.05, 0) is 60.9 Å². The molecule has 1 amide bonds. The van der Waals surface area contributed by atoms with Crippen LogP contribution in [0.4, 0.5) is 5.13 Å². The quantitative estimate of drug-likeness (QED) is 0.0758. The molecule has 3 aromatic carbocycles. The topological polar surface area (TPSA) is 115 Å². The van der Waals surface area contributed by atoms with E-state index in [0.717, 1.165) is 22.5 Å². The number of aryl methyl sites for hydroxylation is 1. The molecule has 1 aromatic heterocycles. The molecule has 0 aliphatic carbocycles. The van der Waals surface area contributed by atoms with Gasteiger partial charge in [-0.15, -0.1) is 0 Å². The molecule has 1 fully saturated rings. The van der Waals surface area contributed by atoms with E-state index in [9.17, 15) is 19.5 Å². The molecule has 0 radical (unpaired) electrons. The van der Waals surface area contributed by atoms with E-state index in [0.29, 0.717) is 41.3 Å². The SMILES string of the molecule is C=CCOC(=O)c1sc(N2C(=O)C(=O)/C(=C(/O)c3ccc4c(c3)C[C@H](C)O4)[C@@H]2c2cccc(OCc3ccccc3)c2)nc1C. The number of carbonyl (C=O) groups excluding carboxylic acids is 3. The van der Waals surface area contributed by atoms with Gasteiger partial charge in [-0.2, -0.15) is 0 Å². The van der Waals surface area contributed by atoms with Crippen LogP contribution in [0.15, 0.2) is 91.0 Å². The highest BCUT2D eigenvalue weighted by molar-refractivity contribution is 7.17. The molecule has 2 aliphatic rings. The number of aromatic nitrogens is 1. The Balaban J connectivity index is 1.44. The molecule has 1 saturated heterocycles. The summed E-state index contributed by atoms with van der Waals surface area (Å²) in [6.07, 6.45) is 2.09. The number of nitrogens with zero attached hydrogens (tertiary/aromatic N) is 2. The lowest BCUT2D eigenvalue weighted by molar-refractivity contribution is -0.132. The van der Waals surface area contributed by atoms with E-state index in [4.69, 9.17) is 14.2 Å². The van der Waals surface area contributed by atoms with Crippen LogP contribution in [0, 0.1) is 6.92 Å². The molecule has 9 nitrogen and oxygen atoms in total. The average Bonchev–Trinajstić information content (AvgIpc) is 3.70. The van der Waals surface area contributed by atoms with Gasteiger partial charge >= 0.3 is 11.9 Å². The fraction of sp³-hybridized carbons (Fsp3) is 0.200. The fourth-order valence-corrected chi connectivity index (χ4v) is 6.45. The van der Waals surface area contributed by atoms with Gasteiger partial charge < -0.3 is 19.3 Å². The van der Waals surface area contributed by atoms with E-state index in [-0.39, 0.29) is 34.1 Å². The maximum atomic E-state index is 13.7. The first-order chi connectivity index (χ1) is 21.7. The lowest BCUT2D eigenvalue weighted by atomic mass is 9.94. The van der Waals surface area contributed by atoms with Crippen LogP contribution >= 0.6 is 11.3 Å². The van der Waals surface area contributed by atoms with Crippen molar-refractivity contribution in [2.45, 2.75) is 39.0 Å². The Labute approximate surface area is 264 Å². The summed E-state index contributed by atoms with van der Waals surface area (Å²) in [4.78, 5) is 46.1. The molecule has 10 heteroatoms. The highest BCUT2D eigenvalue weighted by atomic mass is 32.1. The summed E-state index contributed by atoms with van der Waals surface area (Å²) < 4.78 is 17.1. The number of esters is 1. The number of rotatable bonds is 9. The molecule has 6 rings (SSSR count). The third-order valence-corrected chi connectivity index (χ3v) is 8.68. The van der Waals surface area contributed by atoms with Crippen molar-refractivity contribution in [2.24, 2.45) is 0 Å². The van der Waals surface area contributed by atoms with Crippen LogP contribution in [0.2, 0.25) is 0 Å². The van der Waals surface area contributed by atoms with Crippen molar-refractivity contribution in [1.29, 1.82) is 0 Å². The number of Topliss-reactive ketones (excluding diaryl/α,β-unsaturated/α-hetero) is 1. The summed E-state index contributed by atoms with van der Waals surface area (Å²) >= 11 is 0.938. The zero-order chi connectivity index (χ0) is 31.7. The minimum absolute atomic E-state index is 0.0103. The zero-order valence-corrected chi connectivity index (χ0v) is 25.5. The van der Waals surface area contributed by atoms with Crippen LogP contribution in [0.1, 0.15) is 50.6 Å². The van der Waals surface area contributed by atoms with E-state index in [1.807, 2.05) is 37.3 Å². The van der Waals surface area contributed by atoms with Crippen molar-refractivity contribution in [2.75, 3.05) is 11.5 Å². The van der Waals surface area contributed by atoms with Gasteiger partial charge in [-0.1, -0.05) is 66.5 Å². The summed E-state index contributed by atoms with van der Waals surface area (Å²) in [5.74, 6) is -1.46. The van der Waals surface area contributed by atoms with Crippen molar-refractivity contribution in [3.05, 3.63) is 124 Å². The molecule has 0 unspecified atom stereocenters. The first-order valence-electron chi connectivity index (χ1n) is 14.4. The molecule has 228 valence electrons. The molecule has 3 heterocycles. The predicted octanol–water partition coefficient (Wildman–Crippen LogP) is 6.32. The summed E-state index contributed by atoms with van der Waals surface area (Å²) in [7, 11) is 0. The number of thiazole rings is 1. The van der Waals surface area contributed by atoms with Crippen molar-refractivity contribution >= 4 is 39.9 Å².